The van der Waals surface area contributed by atoms with Crippen molar-refractivity contribution < 1.29 is 14.6 Å². The summed E-state index contributed by atoms with van der Waals surface area (Å²) in [7, 11) is 1.63. The van der Waals surface area contributed by atoms with Crippen LogP contribution in [0.2, 0.25) is 0 Å². The SMILES string of the molecule is C=CC(CO)OCc1ccc(OC)cc1. The van der Waals surface area contributed by atoms with Gasteiger partial charge in [-0.1, -0.05) is 18.2 Å². The Labute approximate surface area is 90.0 Å². The molecule has 1 rings (SSSR count). The Bertz CT molecular complexity index is 292. The van der Waals surface area contributed by atoms with Crippen molar-refractivity contribution in [2.75, 3.05) is 13.7 Å². The maximum atomic E-state index is 8.87. The average molecular weight is 208 g/mol. The summed E-state index contributed by atoms with van der Waals surface area (Å²) in [5.41, 5.74) is 1.04. The highest BCUT2D eigenvalue weighted by molar-refractivity contribution is 5.26. The number of aliphatic hydroxyl groups is 1. The maximum absolute atomic E-state index is 8.87. The molecule has 1 N–H and O–H groups in total. The van der Waals surface area contributed by atoms with Crippen molar-refractivity contribution >= 4 is 0 Å². The molecule has 0 spiro atoms. The predicted molar refractivity (Wildman–Crippen MR) is 58.9 cm³/mol. The molecular formula is C12H16O3. The standard InChI is InChI=1S/C12H16O3/c1-3-11(8-13)15-9-10-4-6-12(14-2)7-5-10/h3-7,11,13H,1,8-9H2,2H3. The Hall–Kier alpha value is -1.32. The molecule has 0 aliphatic rings. The first-order valence-corrected chi connectivity index (χ1v) is 4.78. The van der Waals surface area contributed by atoms with Gasteiger partial charge in [0.05, 0.1) is 26.4 Å². The highest BCUT2D eigenvalue weighted by Gasteiger charge is 2.02. The van der Waals surface area contributed by atoms with E-state index in [9.17, 15) is 0 Å². The minimum atomic E-state index is -0.299. The van der Waals surface area contributed by atoms with Crippen LogP contribution in [0.5, 0.6) is 5.75 Å². The molecule has 1 aromatic rings. The zero-order chi connectivity index (χ0) is 11.1. The summed E-state index contributed by atoms with van der Waals surface area (Å²) in [6, 6.07) is 7.60. The molecule has 0 radical (unpaired) electrons. The minimum absolute atomic E-state index is 0.0420. The third kappa shape index (κ3) is 3.73. The molecular weight excluding hydrogens is 192 g/mol. The molecule has 3 heteroatoms. The third-order valence-corrected chi connectivity index (χ3v) is 2.07. The fraction of sp³-hybridized carbons (Fsp3) is 0.333. The van der Waals surface area contributed by atoms with E-state index in [0.717, 1.165) is 11.3 Å². The molecule has 1 aromatic carbocycles. The van der Waals surface area contributed by atoms with Gasteiger partial charge in [0.2, 0.25) is 0 Å². The van der Waals surface area contributed by atoms with E-state index >= 15 is 0 Å². The van der Waals surface area contributed by atoms with Gasteiger partial charge >= 0.3 is 0 Å². The van der Waals surface area contributed by atoms with Gasteiger partial charge in [0.25, 0.3) is 0 Å². The summed E-state index contributed by atoms with van der Waals surface area (Å²) in [6.07, 6.45) is 1.29. The molecule has 0 heterocycles. The summed E-state index contributed by atoms with van der Waals surface area (Å²) in [5, 5.41) is 8.87. The van der Waals surface area contributed by atoms with E-state index in [-0.39, 0.29) is 12.7 Å². The number of methoxy groups -OCH3 is 1. The van der Waals surface area contributed by atoms with Crippen molar-refractivity contribution in [3.63, 3.8) is 0 Å². The lowest BCUT2D eigenvalue weighted by molar-refractivity contribution is 0.0323. The molecule has 0 amide bonds. The number of hydrogen-bond acceptors (Lipinski definition) is 3. The second-order valence-corrected chi connectivity index (χ2v) is 3.12. The summed E-state index contributed by atoms with van der Waals surface area (Å²) in [6.45, 7) is 3.98. The van der Waals surface area contributed by atoms with Crippen molar-refractivity contribution in [3.05, 3.63) is 42.5 Å². The molecule has 0 saturated heterocycles. The van der Waals surface area contributed by atoms with Crippen LogP contribution >= 0.6 is 0 Å². The fourth-order valence-electron chi connectivity index (χ4n) is 1.12. The second-order valence-electron chi connectivity index (χ2n) is 3.12. The summed E-state index contributed by atoms with van der Waals surface area (Å²) >= 11 is 0. The van der Waals surface area contributed by atoms with Crippen LogP contribution < -0.4 is 4.74 Å². The Morgan fingerprint density at radius 2 is 2.07 bits per heavy atom. The van der Waals surface area contributed by atoms with E-state index in [1.54, 1.807) is 13.2 Å². The van der Waals surface area contributed by atoms with Gasteiger partial charge in [-0.3, -0.25) is 0 Å². The largest absolute Gasteiger partial charge is 0.497 e. The molecule has 0 bridgehead atoms. The molecule has 0 aliphatic heterocycles. The lowest BCUT2D eigenvalue weighted by atomic mass is 10.2. The quantitative estimate of drug-likeness (QED) is 0.724. The molecule has 0 aromatic heterocycles. The van der Waals surface area contributed by atoms with Gasteiger partial charge in [-0.15, -0.1) is 6.58 Å². The van der Waals surface area contributed by atoms with Gasteiger partial charge in [0, 0.05) is 0 Å². The Balaban J connectivity index is 2.46. The van der Waals surface area contributed by atoms with Gasteiger partial charge in [-0.2, -0.15) is 0 Å². The van der Waals surface area contributed by atoms with Gasteiger partial charge in [0.15, 0.2) is 0 Å². The van der Waals surface area contributed by atoms with Crippen LogP contribution in [0.15, 0.2) is 36.9 Å². The zero-order valence-electron chi connectivity index (χ0n) is 8.85. The topological polar surface area (TPSA) is 38.7 Å². The van der Waals surface area contributed by atoms with Gasteiger partial charge in [0.1, 0.15) is 5.75 Å². The van der Waals surface area contributed by atoms with Crippen LogP contribution in [0.1, 0.15) is 5.56 Å². The Kier molecular flexibility index (Phi) is 4.87. The third-order valence-electron chi connectivity index (χ3n) is 2.07. The van der Waals surface area contributed by atoms with Crippen LogP contribution in [0.4, 0.5) is 0 Å². The molecule has 1 atom stereocenters. The van der Waals surface area contributed by atoms with Crippen molar-refractivity contribution in [1.82, 2.24) is 0 Å². The van der Waals surface area contributed by atoms with E-state index in [4.69, 9.17) is 14.6 Å². The number of ether oxygens (including phenoxy) is 2. The zero-order valence-corrected chi connectivity index (χ0v) is 8.85. The maximum Gasteiger partial charge on any atom is 0.118 e. The predicted octanol–water partition coefficient (Wildman–Crippen LogP) is 1.76. The number of rotatable bonds is 6. The smallest absolute Gasteiger partial charge is 0.118 e. The Morgan fingerprint density at radius 3 is 2.53 bits per heavy atom. The molecule has 1 unspecified atom stereocenters. The van der Waals surface area contributed by atoms with Crippen molar-refractivity contribution in [3.8, 4) is 5.75 Å². The second kappa shape index (κ2) is 6.22. The van der Waals surface area contributed by atoms with Crippen LogP contribution in [0.3, 0.4) is 0 Å². The van der Waals surface area contributed by atoms with Crippen molar-refractivity contribution in [2.45, 2.75) is 12.7 Å². The number of benzene rings is 1. The lowest BCUT2D eigenvalue weighted by Gasteiger charge is -2.10. The van der Waals surface area contributed by atoms with E-state index in [1.807, 2.05) is 24.3 Å². The highest BCUT2D eigenvalue weighted by Crippen LogP contribution is 2.12. The summed E-state index contributed by atoms with van der Waals surface area (Å²) < 4.78 is 10.4. The van der Waals surface area contributed by atoms with Crippen LogP contribution in [0, 0.1) is 0 Å². The first-order chi connectivity index (χ1) is 7.30. The Morgan fingerprint density at radius 1 is 1.40 bits per heavy atom. The number of aliphatic hydroxyl groups excluding tert-OH is 1. The first-order valence-electron chi connectivity index (χ1n) is 4.78. The summed E-state index contributed by atoms with van der Waals surface area (Å²) in [4.78, 5) is 0. The number of hydrogen-bond donors (Lipinski definition) is 1. The van der Waals surface area contributed by atoms with E-state index in [2.05, 4.69) is 6.58 Å². The highest BCUT2D eigenvalue weighted by atomic mass is 16.5. The molecule has 3 nitrogen and oxygen atoms in total. The van der Waals surface area contributed by atoms with Gasteiger partial charge < -0.3 is 14.6 Å². The van der Waals surface area contributed by atoms with Crippen molar-refractivity contribution in [1.29, 1.82) is 0 Å². The van der Waals surface area contributed by atoms with Crippen LogP contribution in [-0.2, 0) is 11.3 Å². The fourth-order valence-corrected chi connectivity index (χ4v) is 1.12. The van der Waals surface area contributed by atoms with E-state index in [1.165, 1.54) is 0 Å². The minimum Gasteiger partial charge on any atom is -0.497 e. The van der Waals surface area contributed by atoms with Gasteiger partial charge in [-0.25, -0.2) is 0 Å². The first kappa shape index (κ1) is 11.8. The van der Waals surface area contributed by atoms with Crippen LogP contribution in [0.25, 0.3) is 0 Å². The van der Waals surface area contributed by atoms with Gasteiger partial charge in [-0.05, 0) is 17.7 Å². The van der Waals surface area contributed by atoms with E-state index in [0.29, 0.717) is 6.61 Å². The molecule has 15 heavy (non-hydrogen) atoms. The molecule has 82 valence electrons. The average Bonchev–Trinajstić information content (AvgIpc) is 2.31. The molecule has 0 saturated carbocycles. The molecule has 0 aliphatic carbocycles. The van der Waals surface area contributed by atoms with Crippen molar-refractivity contribution in [2.24, 2.45) is 0 Å². The summed E-state index contributed by atoms with van der Waals surface area (Å²) in [5.74, 6) is 0.821. The normalized spacial score (nSPS) is 12.1. The molecule has 0 fully saturated rings. The lowest BCUT2D eigenvalue weighted by Crippen LogP contribution is -2.13. The van der Waals surface area contributed by atoms with Crippen LogP contribution in [-0.4, -0.2) is 24.9 Å². The van der Waals surface area contributed by atoms with E-state index < -0.39 is 0 Å². The monoisotopic (exact) mass is 208 g/mol.